The molecule has 0 unspecified atom stereocenters. The number of rotatable bonds is 5. The molecule has 0 atom stereocenters. The van der Waals surface area contributed by atoms with Crippen LogP contribution in [0.5, 0.6) is 23.0 Å². The molecule has 2 aromatic rings. The monoisotopic (exact) mass is 540 g/mol. The lowest BCUT2D eigenvalue weighted by Crippen LogP contribution is -2.54. The van der Waals surface area contributed by atoms with Crippen molar-refractivity contribution in [3.8, 4) is 23.0 Å². The van der Waals surface area contributed by atoms with Gasteiger partial charge >= 0.3 is 0 Å². The van der Waals surface area contributed by atoms with Crippen molar-refractivity contribution in [2.24, 2.45) is 0 Å². The fraction of sp³-hybridized carbons (Fsp3) is 0.150. The van der Waals surface area contributed by atoms with Crippen LogP contribution in [0.15, 0.2) is 35.9 Å². The Morgan fingerprint density at radius 2 is 1.77 bits per heavy atom. The maximum Gasteiger partial charge on any atom is 0.270 e. The van der Waals surface area contributed by atoms with Gasteiger partial charge in [-0.25, -0.2) is 4.90 Å². The van der Waals surface area contributed by atoms with Gasteiger partial charge in [-0.1, -0.05) is 0 Å². The second-order valence-electron chi connectivity index (χ2n) is 6.05. The average molecular weight is 540 g/mol. The zero-order chi connectivity index (χ0) is 22.0. The molecule has 1 aliphatic heterocycles. The minimum atomic E-state index is -0.629. The first-order chi connectivity index (χ1) is 14.3. The molecule has 30 heavy (non-hydrogen) atoms. The van der Waals surface area contributed by atoms with Crippen LogP contribution in [0.25, 0.3) is 6.08 Å². The number of phenolic OH excluding ortho intramolecular Hbond substituents is 1. The molecule has 0 bridgehead atoms. The quantitative estimate of drug-likeness (QED) is 0.261. The minimum Gasteiger partial charge on any atom is -0.504 e. The van der Waals surface area contributed by atoms with Crippen LogP contribution in [-0.4, -0.2) is 43.4 Å². The Balaban J connectivity index is 2.08. The fourth-order valence-corrected chi connectivity index (χ4v) is 3.74. The number of methoxy groups -OCH3 is 3. The maximum absolute atomic E-state index is 13.2. The van der Waals surface area contributed by atoms with Crippen molar-refractivity contribution >= 4 is 63.5 Å². The third-order valence-electron chi connectivity index (χ3n) is 4.31. The largest absolute Gasteiger partial charge is 0.504 e. The highest BCUT2D eigenvalue weighted by Crippen LogP contribution is 2.36. The van der Waals surface area contributed by atoms with Gasteiger partial charge in [0.1, 0.15) is 17.1 Å². The molecule has 1 heterocycles. The zero-order valence-electron chi connectivity index (χ0n) is 16.2. The van der Waals surface area contributed by atoms with Gasteiger partial charge < -0.3 is 19.3 Å². The predicted molar refractivity (Wildman–Crippen MR) is 123 cm³/mol. The Labute approximate surface area is 191 Å². The summed E-state index contributed by atoms with van der Waals surface area (Å²) in [5.74, 6) is -0.157. The lowest BCUT2D eigenvalue weighted by atomic mass is 10.1. The first-order valence-corrected chi connectivity index (χ1v) is 9.99. The number of phenols is 1. The van der Waals surface area contributed by atoms with Gasteiger partial charge in [0, 0.05) is 6.07 Å². The van der Waals surface area contributed by atoms with Gasteiger partial charge in [0.15, 0.2) is 16.6 Å². The van der Waals surface area contributed by atoms with Crippen molar-refractivity contribution in [3.05, 3.63) is 45.0 Å². The highest BCUT2D eigenvalue weighted by Gasteiger charge is 2.36. The molecule has 2 N–H and O–H groups in total. The van der Waals surface area contributed by atoms with Crippen LogP contribution in [-0.2, 0) is 9.59 Å². The van der Waals surface area contributed by atoms with Crippen molar-refractivity contribution < 1.29 is 28.9 Å². The zero-order valence-corrected chi connectivity index (χ0v) is 19.2. The molecule has 2 aromatic carbocycles. The van der Waals surface area contributed by atoms with Crippen molar-refractivity contribution in [3.63, 3.8) is 0 Å². The highest BCUT2D eigenvalue weighted by molar-refractivity contribution is 14.1. The topological polar surface area (TPSA) is 97.3 Å². The van der Waals surface area contributed by atoms with E-state index in [4.69, 9.17) is 26.4 Å². The summed E-state index contributed by atoms with van der Waals surface area (Å²) in [7, 11) is 4.38. The molecule has 3 rings (SSSR count). The summed E-state index contributed by atoms with van der Waals surface area (Å²) in [6, 6.07) is 8.02. The van der Waals surface area contributed by atoms with E-state index in [0.717, 1.165) is 0 Å². The van der Waals surface area contributed by atoms with Crippen LogP contribution >= 0.6 is 34.8 Å². The molecule has 0 radical (unpaired) electrons. The molecule has 8 nitrogen and oxygen atoms in total. The molecule has 156 valence electrons. The number of nitrogens with one attached hydrogen (secondary N) is 1. The molecule has 0 aliphatic carbocycles. The van der Waals surface area contributed by atoms with E-state index in [2.05, 4.69) is 5.32 Å². The molecule has 1 saturated heterocycles. The Hall–Kier alpha value is -2.86. The number of carbonyl (C=O) groups excluding carboxylic acids is 2. The number of amides is 2. The van der Waals surface area contributed by atoms with Crippen LogP contribution in [0.3, 0.4) is 0 Å². The third-order valence-corrected chi connectivity index (χ3v) is 5.42. The van der Waals surface area contributed by atoms with Crippen LogP contribution in [0.4, 0.5) is 5.69 Å². The summed E-state index contributed by atoms with van der Waals surface area (Å²) in [4.78, 5) is 26.9. The van der Waals surface area contributed by atoms with E-state index in [9.17, 15) is 14.7 Å². The lowest BCUT2D eigenvalue weighted by Gasteiger charge is -2.30. The Morgan fingerprint density at radius 1 is 1.07 bits per heavy atom. The molecule has 1 aliphatic rings. The summed E-state index contributed by atoms with van der Waals surface area (Å²) in [6.45, 7) is 0. The fourth-order valence-electron chi connectivity index (χ4n) is 2.85. The summed E-state index contributed by atoms with van der Waals surface area (Å²) in [6.07, 6.45) is 1.41. The number of nitrogens with zero attached hydrogens (tertiary/aromatic N) is 1. The summed E-state index contributed by atoms with van der Waals surface area (Å²) in [5, 5.41) is 12.5. The van der Waals surface area contributed by atoms with Crippen LogP contribution in [0, 0.1) is 3.57 Å². The van der Waals surface area contributed by atoms with Crippen molar-refractivity contribution in [1.29, 1.82) is 0 Å². The number of thiocarbonyl (C=S) groups is 1. The Kier molecular flexibility index (Phi) is 6.46. The van der Waals surface area contributed by atoms with Gasteiger partial charge in [-0.2, -0.15) is 0 Å². The number of hydrogen-bond donors (Lipinski definition) is 2. The Bertz CT molecular complexity index is 1090. The number of hydrogen-bond acceptors (Lipinski definition) is 7. The molecule has 0 saturated carbocycles. The van der Waals surface area contributed by atoms with E-state index in [1.807, 2.05) is 22.6 Å². The van der Waals surface area contributed by atoms with E-state index < -0.39 is 11.8 Å². The van der Waals surface area contributed by atoms with Crippen LogP contribution in [0.2, 0.25) is 0 Å². The third kappa shape index (κ3) is 4.05. The number of benzene rings is 2. The lowest BCUT2D eigenvalue weighted by molar-refractivity contribution is -0.122. The second kappa shape index (κ2) is 8.88. The standard InChI is InChI=1S/C20H17IN2O6S/c1-27-11-4-5-14(15(9-11)28-2)23-19(26)12(18(25)22-20(23)30)6-10-7-13(21)17(24)16(8-10)29-3/h4-9,24H,1-3H3,(H,22,25,30)/b12-6+. The van der Waals surface area contributed by atoms with Crippen LogP contribution < -0.4 is 24.4 Å². The van der Waals surface area contributed by atoms with Crippen molar-refractivity contribution in [2.75, 3.05) is 26.2 Å². The van der Waals surface area contributed by atoms with Gasteiger partial charge in [0.05, 0.1) is 30.6 Å². The maximum atomic E-state index is 13.2. The highest BCUT2D eigenvalue weighted by atomic mass is 127. The van der Waals surface area contributed by atoms with Gasteiger partial charge in [-0.15, -0.1) is 0 Å². The first kappa shape index (κ1) is 21.8. The van der Waals surface area contributed by atoms with Crippen molar-refractivity contribution in [2.45, 2.75) is 0 Å². The van der Waals surface area contributed by atoms with E-state index in [1.165, 1.54) is 38.4 Å². The van der Waals surface area contributed by atoms with E-state index >= 15 is 0 Å². The van der Waals surface area contributed by atoms with Gasteiger partial charge in [0.2, 0.25) is 0 Å². The number of aromatic hydroxyl groups is 1. The molecule has 10 heteroatoms. The Morgan fingerprint density at radius 3 is 2.40 bits per heavy atom. The minimum absolute atomic E-state index is 0.0227. The molecular formula is C20H17IN2O6S. The van der Waals surface area contributed by atoms with Gasteiger partial charge in [-0.05, 0) is 70.7 Å². The van der Waals surface area contributed by atoms with Gasteiger partial charge in [-0.3, -0.25) is 14.9 Å². The number of halogens is 1. The summed E-state index contributed by atoms with van der Waals surface area (Å²) < 4.78 is 16.2. The van der Waals surface area contributed by atoms with E-state index in [-0.39, 0.29) is 22.2 Å². The molecule has 0 spiro atoms. The summed E-state index contributed by atoms with van der Waals surface area (Å²) in [5.41, 5.74) is 0.726. The second-order valence-corrected chi connectivity index (χ2v) is 7.60. The van der Waals surface area contributed by atoms with E-state index in [0.29, 0.717) is 26.3 Å². The molecule has 1 fully saturated rings. The number of ether oxygens (including phenoxy) is 3. The van der Waals surface area contributed by atoms with Crippen molar-refractivity contribution in [1.82, 2.24) is 5.32 Å². The van der Waals surface area contributed by atoms with E-state index in [1.54, 1.807) is 24.3 Å². The average Bonchev–Trinajstić information content (AvgIpc) is 2.73. The summed E-state index contributed by atoms with van der Waals surface area (Å²) >= 11 is 7.16. The SMILES string of the molecule is COc1ccc(N2C(=O)/C(=C/c3cc(I)c(O)c(OC)c3)C(=O)NC2=S)c(OC)c1. The smallest absolute Gasteiger partial charge is 0.270 e. The first-order valence-electron chi connectivity index (χ1n) is 8.50. The van der Waals surface area contributed by atoms with Crippen LogP contribution in [0.1, 0.15) is 5.56 Å². The number of carbonyl (C=O) groups is 2. The molecule has 2 amide bonds. The normalized spacial score (nSPS) is 15.3. The molecular weight excluding hydrogens is 523 g/mol. The number of anilines is 1. The predicted octanol–water partition coefficient (Wildman–Crippen LogP) is 2.85. The molecule has 0 aromatic heterocycles. The van der Waals surface area contributed by atoms with Gasteiger partial charge in [0.25, 0.3) is 11.8 Å².